The van der Waals surface area contributed by atoms with Crippen LogP contribution in [0.1, 0.15) is 12.8 Å². The van der Waals surface area contributed by atoms with E-state index in [-0.39, 0.29) is 5.69 Å². The van der Waals surface area contributed by atoms with Crippen molar-refractivity contribution in [2.45, 2.75) is 12.8 Å². The van der Waals surface area contributed by atoms with E-state index >= 15 is 0 Å². The summed E-state index contributed by atoms with van der Waals surface area (Å²) >= 11 is 0. The fraction of sp³-hybridized carbons (Fsp3) is 0.385. The number of allylic oxidation sites excluding steroid dienone is 1. The van der Waals surface area contributed by atoms with Gasteiger partial charge >= 0.3 is 0 Å². The van der Waals surface area contributed by atoms with Crippen molar-refractivity contribution in [3.8, 4) is 17.2 Å². The predicted octanol–water partition coefficient (Wildman–Crippen LogP) is 2.71. The van der Waals surface area contributed by atoms with E-state index in [4.69, 9.17) is 14.2 Å². The number of benzene rings is 1. The molecule has 6 heteroatoms. The molecule has 1 saturated carbocycles. The predicted molar refractivity (Wildman–Crippen MR) is 69.0 cm³/mol. The summed E-state index contributed by atoms with van der Waals surface area (Å²) in [5, 5.41) is 10.8. The Labute approximate surface area is 110 Å². The first-order chi connectivity index (χ1) is 9.15. The van der Waals surface area contributed by atoms with Gasteiger partial charge in [-0.1, -0.05) is 5.57 Å². The van der Waals surface area contributed by atoms with Gasteiger partial charge in [0.2, 0.25) is 5.75 Å². The topological polar surface area (TPSA) is 70.8 Å². The zero-order valence-corrected chi connectivity index (χ0v) is 10.8. The normalized spacial score (nSPS) is 12.8. The third kappa shape index (κ3) is 3.15. The molecule has 19 heavy (non-hydrogen) atoms. The van der Waals surface area contributed by atoms with E-state index in [0.29, 0.717) is 23.9 Å². The van der Waals surface area contributed by atoms with Crippen molar-refractivity contribution in [1.29, 1.82) is 0 Å². The van der Waals surface area contributed by atoms with Crippen LogP contribution >= 0.6 is 0 Å². The maximum Gasteiger partial charge on any atom is 0.277 e. The molecule has 0 radical (unpaired) electrons. The Morgan fingerprint density at radius 3 is 2.26 bits per heavy atom. The first-order valence-corrected chi connectivity index (χ1v) is 5.87. The van der Waals surface area contributed by atoms with Crippen LogP contribution in [0.25, 0.3) is 0 Å². The zero-order chi connectivity index (χ0) is 13.8. The monoisotopic (exact) mass is 265 g/mol. The molecule has 0 aliphatic heterocycles. The van der Waals surface area contributed by atoms with Crippen LogP contribution in [0.3, 0.4) is 0 Å². The molecule has 0 heterocycles. The summed E-state index contributed by atoms with van der Waals surface area (Å²) in [5.41, 5.74) is 1.27. The van der Waals surface area contributed by atoms with E-state index in [1.165, 1.54) is 31.9 Å². The second kappa shape index (κ2) is 5.60. The third-order valence-corrected chi connectivity index (χ3v) is 2.79. The van der Waals surface area contributed by atoms with Crippen LogP contribution in [0.15, 0.2) is 23.8 Å². The minimum absolute atomic E-state index is 0.0957. The molecular formula is C13H15NO5. The Morgan fingerprint density at radius 1 is 1.26 bits per heavy atom. The number of ether oxygens (including phenoxy) is 3. The number of nitrogens with zero attached hydrogens (tertiary/aromatic N) is 1. The summed E-state index contributed by atoms with van der Waals surface area (Å²) in [6, 6.07) is 2.64. The average Bonchev–Trinajstić information content (AvgIpc) is 3.22. The fourth-order valence-electron chi connectivity index (χ4n) is 1.63. The Bertz CT molecular complexity index is 493. The van der Waals surface area contributed by atoms with Gasteiger partial charge in [0.15, 0.2) is 11.5 Å². The Morgan fingerprint density at radius 2 is 1.84 bits per heavy atom. The highest BCUT2D eigenvalue weighted by Crippen LogP contribution is 2.41. The first kappa shape index (κ1) is 13.2. The summed E-state index contributed by atoms with van der Waals surface area (Å²) in [6.07, 6.45) is 4.25. The van der Waals surface area contributed by atoms with Crippen molar-refractivity contribution in [2.75, 3.05) is 20.8 Å². The van der Waals surface area contributed by atoms with Gasteiger partial charge < -0.3 is 14.2 Å². The standard InChI is InChI=1S/C13H15NO5/c1-17-11-7-10(14(15)16)8-12(18-2)13(11)19-6-5-9-3-4-9/h5,7-8H,3-4,6H2,1-2H3. The van der Waals surface area contributed by atoms with E-state index in [9.17, 15) is 10.1 Å². The van der Waals surface area contributed by atoms with Gasteiger partial charge in [-0.3, -0.25) is 10.1 Å². The van der Waals surface area contributed by atoms with Crippen molar-refractivity contribution >= 4 is 5.69 Å². The molecule has 1 fully saturated rings. The van der Waals surface area contributed by atoms with Gasteiger partial charge in [0.05, 0.1) is 31.3 Å². The van der Waals surface area contributed by atoms with Gasteiger partial charge in [0.25, 0.3) is 5.69 Å². The minimum atomic E-state index is -0.499. The fourth-order valence-corrected chi connectivity index (χ4v) is 1.63. The van der Waals surface area contributed by atoms with E-state index < -0.39 is 4.92 Å². The van der Waals surface area contributed by atoms with Gasteiger partial charge in [0, 0.05) is 0 Å². The molecule has 0 aromatic heterocycles. The molecule has 0 spiro atoms. The van der Waals surface area contributed by atoms with Crippen molar-refractivity contribution in [3.63, 3.8) is 0 Å². The van der Waals surface area contributed by atoms with Crippen LogP contribution in [0.5, 0.6) is 17.2 Å². The summed E-state index contributed by atoms with van der Waals surface area (Å²) in [6.45, 7) is 0.403. The number of hydrogen-bond donors (Lipinski definition) is 0. The second-order valence-electron chi connectivity index (χ2n) is 4.11. The average molecular weight is 265 g/mol. The number of rotatable bonds is 6. The van der Waals surface area contributed by atoms with Gasteiger partial charge in [-0.25, -0.2) is 0 Å². The number of methoxy groups -OCH3 is 2. The van der Waals surface area contributed by atoms with Crippen molar-refractivity contribution < 1.29 is 19.1 Å². The lowest BCUT2D eigenvalue weighted by atomic mass is 10.2. The molecule has 0 amide bonds. The lowest BCUT2D eigenvalue weighted by molar-refractivity contribution is -0.385. The second-order valence-corrected chi connectivity index (χ2v) is 4.11. The summed E-state index contributed by atoms with van der Waals surface area (Å²) < 4.78 is 15.8. The molecule has 0 N–H and O–H groups in total. The van der Waals surface area contributed by atoms with E-state index in [1.807, 2.05) is 6.08 Å². The van der Waals surface area contributed by atoms with Crippen LogP contribution in [0, 0.1) is 10.1 Å². The van der Waals surface area contributed by atoms with Crippen LogP contribution in [-0.2, 0) is 0 Å². The smallest absolute Gasteiger partial charge is 0.277 e. The minimum Gasteiger partial charge on any atom is -0.492 e. The highest BCUT2D eigenvalue weighted by Gasteiger charge is 2.19. The molecule has 1 aliphatic rings. The molecule has 0 bridgehead atoms. The molecule has 1 aliphatic carbocycles. The van der Waals surface area contributed by atoms with Crippen LogP contribution in [0.2, 0.25) is 0 Å². The SMILES string of the molecule is COc1cc([N+](=O)[O-])cc(OC)c1OCC=C1CC1. The molecule has 0 saturated heterocycles. The van der Waals surface area contributed by atoms with Gasteiger partial charge in [-0.05, 0) is 18.9 Å². The summed E-state index contributed by atoms with van der Waals surface area (Å²) in [4.78, 5) is 10.3. The maximum atomic E-state index is 10.8. The third-order valence-electron chi connectivity index (χ3n) is 2.79. The summed E-state index contributed by atoms with van der Waals surface area (Å²) in [7, 11) is 2.87. The van der Waals surface area contributed by atoms with Gasteiger partial charge in [-0.2, -0.15) is 0 Å². The lowest BCUT2D eigenvalue weighted by Crippen LogP contribution is -2.01. The number of non-ortho nitro benzene ring substituents is 1. The highest BCUT2D eigenvalue weighted by molar-refractivity contribution is 5.58. The van der Waals surface area contributed by atoms with Crippen molar-refractivity contribution in [1.82, 2.24) is 0 Å². The first-order valence-electron chi connectivity index (χ1n) is 5.87. The molecule has 6 nitrogen and oxygen atoms in total. The zero-order valence-electron chi connectivity index (χ0n) is 10.8. The highest BCUT2D eigenvalue weighted by atomic mass is 16.6. The van der Waals surface area contributed by atoms with Crippen molar-refractivity contribution in [2.24, 2.45) is 0 Å². The maximum absolute atomic E-state index is 10.8. The number of nitro benzene ring substituents is 1. The number of nitro groups is 1. The van der Waals surface area contributed by atoms with E-state index in [0.717, 1.165) is 12.8 Å². The quantitative estimate of drug-likeness (QED) is 0.449. The lowest BCUT2D eigenvalue weighted by Gasteiger charge is -2.13. The molecule has 0 unspecified atom stereocenters. The van der Waals surface area contributed by atoms with Gasteiger partial charge in [0.1, 0.15) is 6.61 Å². The van der Waals surface area contributed by atoms with Crippen molar-refractivity contribution in [3.05, 3.63) is 33.9 Å². The van der Waals surface area contributed by atoms with Gasteiger partial charge in [-0.15, -0.1) is 0 Å². The molecule has 1 aromatic rings. The number of hydrogen-bond acceptors (Lipinski definition) is 5. The Hall–Kier alpha value is -2.24. The van der Waals surface area contributed by atoms with Crippen LogP contribution in [-0.4, -0.2) is 25.7 Å². The largest absolute Gasteiger partial charge is 0.492 e. The van der Waals surface area contributed by atoms with Crippen LogP contribution < -0.4 is 14.2 Å². The Balaban J connectivity index is 2.27. The molecular weight excluding hydrogens is 250 g/mol. The van der Waals surface area contributed by atoms with E-state index in [1.54, 1.807) is 0 Å². The molecule has 1 aromatic carbocycles. The summed E-state index contributed by atoms with van der Waals surface area (Å²) in [5.74, 6) is 0.966. The van der Waals surface area contributed by atoms with E-state index in [2.05, 4.69) is 0 Å². The van der Waals surface area contributed by atoms with Crippen LogP contribution in [0.4, 0.5) is 5.69 Å². The molecule has 102 valence electrons. The Kier molecular flexibility index (Phi) is 3.89. The molecule has 2 rings (SSSR count). The molecule has 0 atom stereocenters.